The highest BCUT2D eigenvalue weighted by Crippen LogP contribution is 2.39. The smallest absolute Gasteiger partial charge is 0.0409 e. The normalized spacial score (nSPS) is 28.1. The van der Waals surface area contributed by atoms with E-state index in [4.69, 9.17) is 11.6 Å². The molecule has 1 fully saturated rings. The largest absolute Gasteiger partial charge is 0.307 e. The molecule has 106 valence electrons. The molecule has 3 atom stereocenters. The van der Waals surface area contributed by atoms with Gasteiger partial charge in [-0.1, -0.05) is 44.5 Å². The number of rotatable bonds is 3. The molecular weight excluding hydrogens is 254 g/mol. The van der Waals surface area contributed by atoms with Gasteiger partial charge in [0.05, 0.1) is 0 Å². The second-order valence-electron chi connectivity index (χ2n) is 6.93. The van der Waals surface area contributed by atoms with Crippen molar-refractivity contribution < 1.29 is 0 Å². The van der Waals surface area contributed by atoms with Gasteiger partial charge in [0.1, 0.15) is 0 Å². The third kappa shape index (κ3) is 3.97. The highest BCUT2D eigenvalue weighted by Gasteiger charge is 2.32. The zero-order valence-electron chi connectivity index (χ0n) is 12.5. The predicted molar refractivity (Wildman–Crippen MR) is 83.6 cm³/mol. The maximum atomic E-state index is 6.07. The fraction of sp³-hybridized carbons (Fsp3) is 0.647. The average molecular weight is 280 g/mol. The predicted octanol–water partition coefficient (Wildman–Crippen LogP) is 5.21. The summed E-state index contributed by atoms with van der Waals surface area (Å²) in [6.07, 6.45) is 3.91. The Hall–Kier alpha value is -0.530. The fourth-order valence-corrected chi connectivity index (χ4v) is 3.59. The summed E-state index contributed by atoms with van der Waals surface area (Å²) < 4.78 is 0. The Kier molecular flexibility index (Phi) is 4.58. The van der Waals surface area contributed by atoms with Crippen LogP contribution in [0.1, 0.15) is 58.6 Å². The minimum absolute atomic E-state index is 0.368. The minimum Gasteiger partial charge on any atom is -0.307 e. The van der Waals surface area contributed by atoms with E-state index in [0.29, 0.717) is 17.5 Å². The highest BCUT2D eigenvalue weighted by molar-refractivity contribution is 6.30. The quantitative estimate of drug-likeness (QED) is 0.801. The molecule has 2 rings (SSSR count). The molecule has 1 nitrogen and oxygen atoms in total. The van der Waals surface area contributed by atoms with Crippen LogP contribution >= 0.6 is 11.6 Å². The van der Waals surface area contributed by atoms with Crippen LogP contribution in [0.15, 0.2) is 24.3 Å². The van der Waals surface area contributed by atoms with Crippen molar-refractivity contribution in [3.8, 4) is 0 Å². The van der Waals surface area contributed by atoms with Crippen LogP contribution in [0.4, 0.5) is 0 Å². The summed E-state index contributed by atoms with van der Waals surface area (Å²) in [5.74, 6) is 0.741. The van der Waals surface area contributed by atoms with E-state index >= 15 is 0 Å². The molecular formula is C17H26ClN. The Morgan fingerprint density at radius 3 is 2.74 bits per heavy atom. The van der Waals surface area contributed by atoms with Crippen molar-refractivity contribution in [2.75, 3.05) is 0 Å². The van der Waals surface area contributed by atoms with Gasteiger partial charge in [-0.3, -0.25) is 0 Å². The molecule has 1 aromatic rings. The van der Waals surface area contributed by atoms with Gasteiger partial charge >= 0.3 is 0 Å². The van der Waals surface area contributed by atoms with Gasteiger partial charge in [0.25, 0.3) is 0 Å². The zero-order valence-corrected chi connectivity index (χ0v) is 13.3. The van der Waals surface area contributed by atoms with Crippen LogP contribution in [0.5, 0.6) is 0 Å². The van der Waals surface area contributed by atoms with Crippen molar-refractivity contribution in [2.45, 2.75) is 59.0 Å². The van der Waals surface area contributed by atoms with Crippen molar-refractivity contribution in [1.82, 2.24) is 5.32 Å². The van der Waals surface area contributed by atoms with Gasteiger partial charge in [-0.15, -0.1) is 0 Å². The molecule has 19 heavy (non-hydrogen) atoms. The molecule has 0 aliphatic heterocycles. The summed E-state index contributed by atoms with van der Waals surface area (Å²) in [6, 6.07) is 9.18. The standard InChI is InChI=1S/C17H26ClN/c1-12-11-17(3,4)9-8-16(12)19-13(2)14-6-5-7-15(18)10-14/h5-7,10,12-13,16,19H,8-9,11H2,1-4H3/t12?,13-,16?/m1/s1. The Morgan fingerprint density at radius 2 is 2.11 bits per heavy atom. The molecule has 0 saturated heterocycles. The van der Waals surface area contributed by atoms with Crippen molar-refractivity contribution in [3.63, 3.8) is 0 Å². The number of benzene rings is 1. The van der Waals surface area contributed by atoms with Gasteiger partial charge in [0.15, 0.2) is 0 Å². The van der Waals surface area contributed by atoms with E-state index in [0.717, 1.165) is 10.9 Å². The van der Waals surface area contributed by atoms with E-state index < -0.39 is 0 Å². The topological polar surface area (TPSA) is 12.0 Å². The molecule has 0 spiro atoms. The maximum Gasteiger partial charge on any atom is 0.0409 e. The number of nitrogens with one attached hydrogen (secondary N) is 1. The molecule has 1 saturated carbocycles. The highest BCUT2D eigenvalue weighted by atomic mass is 35.5. The zero-order chi connectivity index (χ0) is 14.0. The second-order valence-corrected chi connectivity index (χ2v) is 7.37. The first-order valence-corrected chi connectivity index (χ1v) is 7.77. The van der Waals surface area contributed by atoms with Crippen LogP contribution in [0.2, 0.25) is 5.02 Å². The first kappa shape index (κ1) is 14.9. The molecule has 0 bridgehead atoms. The lowest BCUT2D eigenvalue weighted by molar-refractivity contribution is 0.143. The molecule has 0 aromatic heterocycles. The average Bonchev–Trinajstić information content (AvgIpc) is 2.32. The number of hydrogen-bond acceptors (Lipinski definition) is 1. The van der Waals surface area contributed by atoms with E-state index in [9.17, 15) is 0 Å². The van der Waals surface area contributed by atoms with E-state index in [-0.39, 0.29) is 0 Å². The molecule has 1 aromatic carbocycles. The number of halogens is 1. The van der Waals surface area contributed by atoms with Crippen LogP contribution in [0.3, 0.4) is 0 Å². The fourth-order valence-electron chi connectivity index (χ4n) is 3.39. The summed E-state index contributed by atoms with van der Waals surface area (Å²) in [7, 11) is 0. The van der Waals surface area contributed by atoms with Gasteiger partial charge in [0.2, 0.25) is 0 Å². The van der Waals surface area contributed by atoms with E-state index in [1.165, 1.54) is 24.8 Å². The molecule has 0 amide bonds. The van der Waals surface area contributed by atoms with Crippen LogP contribution in [-0.2, 0) is 0 Å². The summed E-state index contributed by atoms with van der Waals surface area (Å²) in [4.78, 5) is 0. The molecule has 0 radical (unpaired) electrons. The first-order valence-electron chi connectivity index (χ1n) is 7.39. The third-order valence-electron chi connectivity index (χ3n) is 4.51. The van der Waals surface area contributed by atoms with Crippen molar-refractivity contribution >= 4 is 11.6 Å². The summed E-state index contributed by atoms with van der Waals surface area (Å²) in [5.41, 5.74) is 1.79. The molecule has 1 N–H and O–H groups in total. The van der Waals surface area contributed by atoms with E-state index in [1.807, 2.05) is 12.1 Å². The minimum atomic E-state index is 0.368. The lowest BCUT2D eigenvalue weighted by Crippen LogP contribution is -2.42. The van der Waals surface area contributed by atoms with Gasteiger partial charge in [-0.25, -0.2) is 0 Å². The Bertz CT molecular complexity index is 427. The molecule has 1 aliphatic carbocycles. The van der Waals surface area contributed by atoms with Gasteiger partial charge in [-0.2, -0.15) is 0 Å². The Labute approximate surface area is 122 Å². The third-order valence-corrected chi connectivity index (χ3v) is 4.74. The second kappa shape index (κ2) is 5.85. The van der Waals surface area contributed by atoms with Crippen molar-refractivity contribution in [3.05, 3.63) is 34.9 Å². The SMILES string of the molecule is CC1CC(C)(C)CCC1N[C@H](C)c1cccc(Cl)c1. The van der Waals surface area contributed by atoms with Gasteiger partial charge in [0, 0.05) is 17.1 Å². The molecule has 0 heterocycles. The van der Waals surface area contributed by atoms with Crippen LogP contribution in [-0.4, -0.2) is 6.04 Å². The summed E-state index contributed by atoms with van der Waals surface area (Å²) in [6.45, 7) is 9.39. The lowest BCUT2D eigenvalue weighted by atomic mass is 9.70. The first-order chi connectivity index (χ1) is 8.87. The molecule has 2 heteroatoms. The molecule has 2 unspecified atom stereocenters. The van der Waals surface area contributed by atoms with E-state index in [1.54, 1.807) is 0 Å². The summed E-state index contributed by atoms with van der Waals surface area (Å²) in [5, 5.41) is 4.61. The van der Waals surface area contributed by atoms with Crippen molar-refractivity contribution in [1.29, 1.82) is 0 Å². The summed E-state index contributed by atoms with van der Waals surface area (Å²) >= 11 is 6.07. The Morgan fingerprint density at radius 1 is 1.37 bits per heavy atom. The van der Waals surface area contributed by atoms with Crippen LogP contribution in [0, 0.1) is 11.3 Å². The van der Waals surface area contributed by atoms with Crippen molar-refractivity contribution in [2.24, 2.45) is 11.3 Å². The maximum absolute atomic E-state index is 6.07. The lowest BCUT2D eigenvalue weighted by Gasteiger charge is -2.40. The molecule has 1 aliphatic rings. The van der Waals surface area contributed by atoms with Gasteiger partial charge in [-0.05, 0) is 55.2 Å². The van der Waals surface area contributed by atoms with Crippen LogP contribution in [0.25, 0.3) is 0 Å². The van der Waals surface area contributed by atoms with Gasteiger partial charge < -0.3 is 5.32 Å². The number of hydrogen-bond donors (Lipinski definition) is 1. The van der Waals surface area contributed by atoms with Crippen LogP contribution < -0.4 is 5.32 Å². The Balaban J connectivity index is 1.98. The van der Waals surface area contributed by atoms with E-state index in [2.05, 4.69) is 45.1 Å². The monoisotopic (exact) mass is 279 g/mol.